The molecule has 0 spiro atoms. The molecular formula is C28H31N3O6. The Morgan fingerprint density at radius 1 is 0.946 bits per heavy atom. The standard InChI is InChI=1S/C28H31N3O6/c1-18-14-28(2,3)31(20-13-24-23(12-19(18)20)35-17-36-24)26(32)15-29-8-10-30(11-9-29)27(33)25-16-34-21-6-4-5-7-22(21)37-25/h4-7,12-14,25H,8-11,15-17H2,1-3H3. The molecule has 1 fully saturated rings. The third-order valence-corrected chi connectivity index (χ3v) is 7.38. The molecule has 9 heteroatoms. The van der Waals surface area contributed by atoms with Crippen molar-refractivity contribution in [3.8, 4) is 23.0 Å². The number of anilines is 1. The average molecular weight is 506 g/mol. The lowest BCUT2D eigenvalue weighted by Gasteiger charge is -2.43. The number of hydrogen-bond acceptors (Lipinski definition) is 7. The summed E-state index contributed by atoms with van der Waals surface area (Å²) < 4.78 is 22.8. The maximum Gasteiger partial charge on any atom is 0.267 e. The van der Waals surface area contributed by atoms with Crippen LogP contribution in [0.15, 0.2) is 42.5 Å². The van der Waals surface area contributed by atoms with Crippen molar-refractivity contribution in [3.63, 3.8) is 0 Å². The van der Waals surface area contributed by atoms with Crippen LogP contribution in [-0.2, 0) is 9.59 Å². The summed E-state index contributed by atoms with van der Waals surface area (Å²) >= 11 is 0. The second-order valence-electron chi connectivity index (χ2n) is 10.4. The van der Waals surface area contributed by atoms with E-state index >= 15 is 0 Å². The number of nitrogens with zero attached hydrogens (tertiary/aromatic N) is 3. The fourth-order valence-electron chi connectivity index (χ4n) is 5.60. The zero-order valence-corrected chi connectivity index (χ0v) is 21.4. The number of piperazine rings is 1. The number of amides is 2. The van der Waals surface area contributed by atoms with Crippen molar-refractivity contribution in [3.05, 3.63) is 48.0 Å². The van der Waals surface area contributed by atoms with Crippen LogP contribution >= 0.6 is 0 Å². The number of rotatable bonds is 3. The van der Waals surface area contributed by atoms with E-state index in [4.69, 9.17) is 18.9 Å². The van der Waals surface area contributed by atoms with Crippen molar-refractivity contribution in [2.24, 2.45) is 0 Å². The van der Waals surface area contributed by atoms with Gasteiger partial charge in [0.05, 0.1) is 17.8 Å². The summed E-state index contributed by atoms with van der Waals surface area (Å²) in [6, 6.07) is 11.2. The minimum absolute atomic E-state index is 0.00858. The Hall–Kier alpha value is -3.72. The average Bonchev–Trinajstić information content (AvgIpc) is 3.34. The Labute approximate surface area is 216 Å². The maximum absolute atomic E-state index is 13.7. The molecule has 4 heterocycles. The fourth-order valence-corrected chi connectivity index (χ4v) is 5.60. The van der Waals surface area contributed by atoms with E-state index in [2.05, 4.69) is 17.9 Å². The predicted molar refractivity (Wildman–Crippen MR) is 137 cm³/mol. The molecule has 4 aliphatic rings. The van der Waals surface area contributed by atoms with Crippen molar-refractivity contribution in [2.75, 3.05) is 51.0 Å². The lowest BCUT2D eigenvalue weighted by atomic mass is 9.88. The van der Waals surface area contributed by atoms with Crippen LogP contribution in [0, 0.1) is 0 Å². The van der Waals surface area contributed by atoms with E-state index in [0.717, 1.165) is 16.8 Å². The summed E-state index contributed by atoms with van der Waals surface area (Å²) in [7, 11) is 0. The van der Waals surface area contributed by atoms with Gasteiger partial charge in [-0.2, -0.15) is 0 Å². The van der Waals surface area contributed by atoms with E-state index in [1.807, 2.05) is 55.1 Å². The summed E-state index contributed by atoms with van der Waals surface area (Å²) in [6.07, 6.45) is 1.47. The molecule has 0 aromatic heterocycles. The molecule has 194 valence electrons. The van der Waals surface area contributed by atoms with Crippen molar-refractivity contribution < 1.29 is 28.5 Å². The largest absolute Gasteiger partial charge is 0.485 e. The normalized spacial score (nSPS) is 21.8. The van der Waals surface area contributed by atoms with Crippen LogP contribution in [-0.4, -0.2) is 79.4 Å². The van der Waals surface area contributed by atoms with Gasteiger partial charge in [-0.05, 0) is 44.5 Å². The number of allylic oxidation sites excluding steroid dienone is 1. The first-order chi connectivity index (χ1) is 17.8. The van der Waals surface area contributed by atoms with Crippen LogP contribution in [0.4, 0.5) is 5.69 Å². The molecule has 0 N–H and O–H groups in total. The highest BCUT2D eigenvalue weighted by Crippen LogP contribution is 2.46. The third kappa shape index (κ3) is 4.27. The number of carbonyl (C=O) groups is 2. The van der Waals surface area contributed by atoms with Gasteiger partial charge >= 0.3 is 0 Å². The van der Waals surface area contributed by atoms with E-state index < -0.39 is 11.6 Å². The lowest BCUT2D eigenvalue weighted by molar-refractivity contribution is -0.143. The first-order valence-corrected chi connectivity index (χ1v) is 12.7. The van der Waals surface area contributed by atoms with Crippen molar-refractivity contribution in [1.82, 2.24) is 9.80 Å². The van der Waals surface area contributed by atoms with Crippen LogP contribution < -0.4 is 23.8 Å². The first kappa shape index (κ1) is 23.7. The molecule has 1 saturated heterocycles. The molecule has 2 aromatic rings. The highest BCUT2D eigenvalue weighted by atomic mass is 16.7. The highest BCUT2D eigenvalue weighted by molar-refractivity contribution is 6.02. The molecule has 1 atom stereocenters. The zero-order valence-electron chi connectivity index (χ0n) is 21.4. The number of hydrogen-bond donors (Lipinski definition) is 0. The predicted octanol–water partition coefficient (Wildman–Crippen LogP) is 2.93. The molecule has 1 unspecified atom stereocenters. The molecular weight excluding hydrogens is 474 g/mol. The molecule has 6 rings (SSSR count). The van der Waals surface area contributed by atoms with E-state index in [-0.39, 0.29) is 31.8 Å². The summed E-state index contributed by atoms with van der Waals surface area (Å²) in [5.74, 6) is 2.54. The molecule has 2 aromatic carbocycles. The second kappa shape index (κ2) is 8.99. The van der Waals surface area contributed by atoms with E-state index in [1.54, 1.807) is 4.90 Å². The van der Waals surface area contributed by atoms with E-state index in [1.165, 1.54) is 0 Å². The van der Waals surface area contributed by atoms with Crippen molar-refractivity contribution in [1.29, 1.82) is 0 Å². The Kier molecular flexibility index (Phi) is 5.75. The highest BCUT2D eigenvalue weighted by Gasteiger charge is 2.39. The summed E-state index contributed by atoms with van der Waals surface area (Å²) in [4.78, 5) is 32.5. The minimum atomic E-state index is -0.656. The molecule has 0 aliphatic carbocycles. The molecule has 0 saturated carbocycles. The lowest BCUT2D eigenvalue weighted by Crippen LogP contribution is -2.57. The maximum atomic E-state index is 13.7. The summed E-state index contributed by atoms with van der Waals surface area (Å²) in [5.41, 5.74) is 2.42. The van der Waals surface area contributed by atoms with Crippen LogP contribution in [0.1, 0.15) is 26.3 Å². The molecule has 9 nitrogen and oxygen atoms in total. The van der Waals surface area contributed by atoms with Gasteiger partial charge < -0.3 is 28.7 Å². The molecule has 0 radical (unpaired) electrons. The van der Waals surface area contributed by atoms with Gasteiger partial charge in [0, 0.05) is 37.8 Å². The molecule has 37 heavy (non-hydrogen) atoms. The number of fused-ring (bicyclic) bond motifs is 3. The van der Waals surface area contributed by atoms with E-state index in [9.17, 15) is 9.59 Å². The van der Waals surface area contributed by atoms with Gasteiger partial charge in [-0.15, -0.1) is 0 Å². The van der Waals surface area contributed by atoms with Crippen molar-refractivity contribution in [2.45, 2.75) is 32.4 Å². The number of ether oxygens (including phenoxy) is 4. The topological polar surface area (TPSA) is 80.8 Å². The summed E-state index contributed by atoms with van der Waals surface area (Å²) in [6.45, 7) is 9.08. The second-order valence-corrected chi connectivity index (χ2v) is 10.4. The smallest absolute Gasteiger partial charge is 0.267 e. The monoisotopic (exact) mass is 505 g/mol. The summed E-state index contributed by atoms with van der Waals surface area (Å²) in [5, 5.41) is 0. The van der Waals surface area contributed by atoms with Gasteiger partial charge in [0.15, 0.2) is 23.0 Å². The van der Waals surface area contributed by atoms with Crippen molar-refractivity contribution >= 4 is 23.1 Å². The van der Waals surface area contributed by atoms with Gasteiger partial charge in [-0.25, -0.2) is 0 Å². The number of benzene rings is 2. The van der Waals surface area contributed by atoms with Gasteiger partial charge in [0.25, 0.3) is 5.91 Å². The number of para-hydroxylation sites is 2. The molecule has 0 bridgehead atoms. The van der Waals surface area contributed by atoms with Crippen LogP contribution in [0.2, 0.25) is 0 Å². The van der Waals surface area contributed by atoms with Gasteiger partial charge in [-0.1, -0.05) is 18.2 Å². The van der Waals surface area contributed by atoms with Gasteiger partial charge in [0.1, 0.15) is 6.61 Å². The minimum Gasteiger partial charge on any atom is -0.485 e. The van der Waals surface area contributed by atoms with Gasteiger partial charge in [0.2, 0.25) is 18.8 Å². The fraction of sp³-hybridized carbons (Fsp3) is 0.429. The van der Waals surface area contributed by atoms with Gasteiger partial charge in [-0.3, -0.25) is 14.5 Å². The first-order valence-electron chi connectivity index (χ1n) is 12.7. The Morgan fingerprint density at radius 2 is 1.65 bits per heavy atom. The molecule has 4 aliphatic heterocycles. The number of carbonyl (C=O) groups excluding carboxylic acids is 2. The molecule has 2 amide bonds. The Morgan fingerprint density at radius 3 is 2.41 bits per heavy atom. The van der Waals surface area contributed by atoms with Crippen LogP contribution in [0.5, 0.6) is 23.0 Å². The van der Waals surface area contributed by atoms with Crippen LogP contribution in [0.3, 0.4) is 0 Å². The zero-order chi connectivity index (χ0) is 25.7. The third-order valence-electron chi connectivity index (χ3n) is 7.38. The quantitative estimate of drug-likeness (QED) is 0.635. The SMILES string of the molecule is CC1=CC(C)(C)N(C(=O)CN2CCN(C(=O)C3COc4ccccc4O3)CC2)c2cc3c(cc21)OCO3. The van der Waals surface area contributed by atoms with Crippen LogP contribution in [0.25, 0.3) is 5.57 Å². The Balaban J connectivity index is 1.11. The Bertz CT molecular complexity index is 1280. The van der Waals surface area contributed by atoms with E-state index in [0.29, 0.717) is 49.2 Å².